The van der Waals surface area contributed by atoms with Crippen LogP contribution in [0.3, 0.4) is 0 Å². The van der Waals surface area contributed by atoms with Crippen molar-refractivity contribution in [1.29, 1.82) is 0 Å². The first-order valence-corrected chi connectivity index (χ1v) is 7.24. The first-order valence-electron chi connectivity index (χ1n) is 6.86. The van der Waals surface area contributed by atoms with E-state index in [0.29, 0.717) is 22.1 Å². The van der Waals surface area contributed by atoms with Crippen LogP contribution in [0.4, 0.5) is 5.69 Å². The van der Waals surface area contributed by atoms with E-state index in [-0.39, 0.29) is 5.91 Å². The van der Waals surface area contributed by atoms with Crippen molar-refractivity contribution in [3.63, 3.8) is 0 Å². The van der Waals surface area contributed by atoms with Crippen LogP contribution in [0.5, 0.6) is 0 Å². The topological polar surface area (TPSA) is 42.2 Å². The lowest BCUT2D eigenvalue weighted by atomic mass is 10.1. The standard InChI is InChI=1S/C18H14ClNO2/c1-12-16(18(21)20-15-5-3-2-4-6-15)11-17(22-12)13-7-9-14(19)10-8-13/h2-11H,1H3,(H,20,21). The van der Waals surface area contributed by atoms with E-state index in [2.05, 4.69) is 5.32 Å². The van der Waals surface area contributed by atoms with E-state index in [1.165, 1.54) is 0 Å². The first kappa shape index (κ1) is 14.4. The Kier molecular flexibility index (Phi) is 3.98. The van der Waals surface area contributed by atoms with Crippen LogP contribution in [0.2, 0.25) is 5.02 Å². The Labute approximate surface area is 133 Å². The molecule has 0 aliphatic carbocycles. The summed E-state index contributed by atoms with van der Waals surface area (Å²) in [5.41, 5.74) is 2.15. The van der Waals surface area contributed by atoms with E-state index in [9.17, 15) is 4.79 Å². The number of nitrogens with one attached hydrogen (secondary N) is 1. The molecular formula is C18H14ClNO2. The summed E-state index contributed by atoms with van der Waals surface area (Å²) < 4.78 is 5.70. The number of carbonyl (C=O) groups is 1. The number of halogens is 1. The van der Waals surface area contributed by atoms with E-state index in [1.807, 2.05) is 42.5 Å². The van der Waals surface area contributed by atoms with E-state index in [0.717, 1.165) is 11.3 Å². The van der Waals surface area contributed by atoms with Gasteiger partial charge in [0.15, 0.2) is 0 Å². The van der Waals surface area contributed by atoms with Gasteiger partial charge in [-0.1, -0.05) is 29.8 Å². The lowest BCUT2D eigenvalue weighted by molar-refractivity contribution is 0.102. The Hall–Kier alpha value is -2.52. The highest BCUT2D eigenvalue weighted by molar-refractivity contribution is 6.30. The van der Waals surface area contributed by atoms with Gasteiger partial charge < -0.3 is 9.73 Å². The predicted molar refractivity (Wildman–Crippen MR) is 88.3 cm³/mol. The lowest BCUT2D eigenvalue weighted by Crippen LogP contribution is -2.11. The van der Waals surface area contributed by atoms with E-state index < -0.39 is 0 Å². The summed E-state index contributed by atoms with van der Waals surface area (Å²) in [5.74, 6) is 1.04. The second-order valence-corrected chi connectivity index (χ2v) is 5.34. The number of para-hydroxylation sites is 1. The number of hydrogen-bond acceptors (Lipinski definition) is 2. The van der Waals surface area contributed by atoms with Crippen molar-refractivity contribution < 1.29 is 9.21 Å². The number of aryl methyl sites for hydroxylation is 1. The van der Waals surface area contributed by atoms with Gasteiger partial charge in [0.2, 0.25) is 0 Å². The molecule has 0 saturated heterocycles. The number of amides is 1. The number of benzene rings is 2. The summed E-state index contributed by atoms with van der Waals surface area (Å²) >= 11 is 5.88. The molecule has 1 aromatic heterocycles. The molecule has 0 aliphatic rings. The normalized spacial score (nSPS) is 10.5. The third-order valence-electron chi connectivity index (χ3n) is 3.32. The number of hydrogen-bond donors (Lipinski definition) is 1. The molecular weight excluding hydrogens is 298 g/mol. The fourth-order valence-electron chi connectivity index (χ4n) is 2.18. The SMILES string of the molecule is Cc1oc(-c2ccc(Cl)cc2)cc1C(=O)Nc1ccccc1. The van der Waals surface area contributed by atoms with Gasteiger partial charge in [-0.15, -0.1) is 0 Å². The Bertz CT molecular complexity index is 792. The van der Waals surface area contributed by atoms with Crippen molar-refractivity contribution in [1.82, 2.24) is 0 Å². The van der Waals surface area contributed by atoms with Crippen LogP contribution in [0.15, 0.2) is 65.1 Å². The molecule has 0 radical (unpaired) electrons. The van der Waals surface area contributed by atoms with Gasteiger partial charge in [0.25, 0.3) is 5.91 Å². The van der Waals surface area contributed by atoms with Crippen molar-refractivity contribution in [2.45, 2.75) is 6.92 Å². The van der Waals surface area contributed by atoms with Crippen LogP contribution in [0.1, 0.15) is 16.1 Å². The maximum absolute atomic E-state index is 12.3. The van der Waals surface area contributed by atoms with Crippen molar-refractivity contribution in [2.75, 3.05) is 5.32 Å². The van der Waals surface area contributed by atoms with Crippen LogP contribution in [-0.2, 0) is 0 Å². The molecule has 1 N–H and O–H groups in total. The molecule has 0 unspecified atom stereocenters. The summed E-state index contributed by atoms with van der Waals surface area (Å²) in [7, 11) is 0. The highest BCUT2D eigenvalue weighted by atomic mass is 35.5. The number of furan rings is 1. The van der Waals surface area contributed by atoms with Gasteiger partial charge in [-0.2, -0.15) is 0 Å². The van der Waals surface area contributed by atoms with Crippen LogP contribution >= 0.6 is 11.6 Å². The molecule has 110 valence electrons. The first-order chi connectivity index (χ1) is 10.6. The van der Waals surface area contributed by atoms with Crippen LogP contribution in [-0.4, -0.2) is 5.91 Å². The second kappa shape index (κ2) is 6.08. The summed E-state index contributed by atoms with van der Waals surface area (Å²) in [4.78, 5) is 12.3. The minimum Gasteiger partial charge on any atom is -0.461 e. The minimum absolute atomic E-state index is 0.187. The van der Waals surface area contributed by atoms with E-state index >= 15 is 0 Å². The minimum atomic E-state index is -0.187. The lowest BCUT2D eigenvalue weighted by Gasteiger charge is -2.03. The maximum Gasteiger partial charge on any atom is 0.259 e. The zero-order valence-corrected chi connectivity index (χ0v) is 12.7. The average molecular weight is 312 g/mol. The van der Waals surface area contributed by atoms with Crippen molar-refractivity contribution in [2.24, 2.45) is 0 Å². The number of rotatable bonds is 3. The molecule has 0 aliphatic heterocycles. The van der Waals surface area contributed by atoms with Gasteiger partial charge in [0.05, 0.1) is 5.56 Å². The summed E-state index contributed by atoms with van der Waals surface area (Å²) in [6.45, 7) is 1.78. The molecule has 4 heteroatoms. The van der Waals surface area contributed by atoms with Gasteiger partial charge >= 0.3 is 0 Å². The monoisotopic (exact) mass is 311 g/mol. The third-order valence-corrected chi connectivity index (χ3v) is 3.57. The van der Waals surface area contributed by atoms with Gasteiger partial charge in [-0.25, -0.2) is 0 Å². The zero-order valence-electron chi connectivity index (χ0n) is 12.0. The second-order valence-electron chi connectivity index (χ2n) is 4.91. The molecule has 0 spiro atoms. The van der Waals surface area contributed by atoms with Gasteiger partial charge in [-0.3, -0.25) is 4.79 Å². The van der Waals surface area contributed by atoms with Gasteiger partial charge in [0.1, 0.15) is 11.5 Å². The molecule has 3 rings (SSSR count). The van der Waals surface area contributed by atoms with Crippen LogP contribution in [0.25, 0.3) is 11.3 Å². The summed E-state index contributed by atoms with van der Waals surface area (Å²) in [5, 5.41) is 3.51. The Morgan fingerprint density at radius 3 is 2.41 bits per heavy atom. The predicted octanol–water partition coefficient (Wildman–Crippen LogP) is 5.16. The van der Waals surface area contributed by atoms with Crippen LogP contribution < -0.4 is 5.32 Å². The van der Waals surface area contributed by atoms with Crippen LogP contribution in [0, 0.1) is 6.92 Å². The molecule has 0 bridgehead atoms. The fourth-order valence-corrected chi connectivity index (χ4v) is 2.31. The molecule has 0 saturated carbocycles. The Balaban J connectivity index is 1.86. The Morgan fingerprint density at radius 1 is 1.05 bits per heavy atom. The number of carbonyl (C=O) groups excluding carboxylic acids is 1. The molecule has 0 fully saturated rings. The highest BCUT2D eigenvalue weighted by Gasteiger charge is 2.16. The fraction of sp³-hybridized carbons (Fsp3) is 0.0556. The maximum atomic E-state index is 12.3. The Morgan fingerprint density at radius 2 is 1.73 bits per heavy atom. The summed E-state index contributed by atoms with van der Waals surface area (Å²) in [6.07, 6.45) is 0. The van der Waals surface area contributed by atoms with E-state index in [4.69, 9.17) is 16.0 Å². The molecule has 1 amide bonds. The largest absolute Gasteiger partial charge is 0.461 e. The molecule has 1 heterocycles. The molecule has 3 aromatic rings. The smallest absolute Gasteiger partial charge is 0.259 e. The van der Waals surface area contributed by atoms with Gasteiger partial charge in [0, 0.05) is 16.3 Å². The molecule has 22 heavy (non-hydrogen) atoms. The quantitative estimate of drug-likeness (QED) is 0.726. The van der Waals surface area contributed by atoms with Gasteiger partial charge in [-0.05, 0) is 49.4 Å². The zero-order chi connectivity index (χ0) is 15.5. The molecule has 3 nitrogen and oxygen atoms in total. The third kappa shape index (κ3) is 3.05. The van der Waals surface area contributed by atoms with E-state index in [1.54, 1.807) is 25.1 Å². The average Bonchev–Trinajstić information content (AvgIpc) is 2.91. The van der Waals surface area contributed by atoms with Crippen molar-refractivity contribution in [3.05, 3.63) is 77.0 Å². The highest BCUT2D eigenvalue weighted by Crippen LogP contribution is 2.27. The van der Waals surface area contributed by atoms with Crippen molar-refractivity contribution >= 4 is 23.2 Å². The van der Waals surface area contributed by atoms with Crippen molar-refractivity contribution in [3.8, 4) is 11.3 Å². The molecule has 2 aromatic carbocycles. The number of anilines is 1. The summed E-state index contributed by atoms with van der Waals surface area (Å²) in [6, 6.07) is 18.4. The molecule has 0 atom stereocenters.